The number of nitrogens with one attached hydrogen (secondary N) is 4. The molecule has 4 amide bonds. The molecule has 2 atom stereocenters. The Morgan fingerprint density at radius 3 is 2.27 bits per heavy atom. The first kappa shape index (κ1) is 37.3. The van der Waals surface area contributed by atoms with Gasteiger partial charge in [0, 0.05) is 39.1 Å². The first-order chi connectivity index (χ1) is 24.8. The Morgan fingerprint density at radius 2 is 1.53 bits per heavy atom. The van der Waals surface area contributed by atoms with Crippen LogP contribution in [0, 0.1) is 5.92 Å². The van der Waals surface area contributed by atoms with E-state index in [1.807, 2.05) is 26.0 Å². The minimum atomic E-state index is -0.991. The van der Waals surface area contributed by atoms with Crippen LogP contribution in [0.2, 0.25) is 0 Å². The quantitative estimate of drug-likeness (QED) is 0.306. The standard InChI is InChI=1S/C39H49N5O7/c1-27(2)33-26-51-35-14-6-3-11-30(35)37(46)40-17-8-20-50-34-13-5-4-12-31(34)38(47)43-32(15-16-36(45)42-33)39(48)41-24-28-9-7-10-29(23-28)25-44-18-21-49-22-19-44/h3-7,9-14,23,27,32-33H,8,15-22,24-26H2,1-2H3,(H,40,46)(H,41,48)(H,42,45)(H,43,47)/t32-,33+/m0/s1. The van der Waals surface area contributed by atoms with E-state index in [-0.39, 0.29) is 61.9 Å². The molecule has 12 heteroatoms. The summed E-state index contributed by atoms with van der Waals surface area (Å²) < 4.78 is 17.5. The number of rotatable bonds is 6. The lowest BCUT2D eigenvalue weighted by atomic mass is 10.0. The molecule has 3 aromatic rings. The van der Waals surface area contributed by atoms with Gasteiger partial charge in [-0.3, -0.25) is 24.1 Å². The number of nitrogens with zero attached hydrogens (tertiary/aromatic N) is 1. The largest absolute Gasteiger partial charge is 0.493 e. The fraction of sp³-hybridized carbons (Fsp3) is 0.436. The smallest absolute Gasteiger partial charge is 0.255 e. The van der Waals surface area contributed by atoms with E-state index in [1.54, 1.807) is 48.5 Å². The summed E-state index contributed by atoms with van der Waals surface area (Å²) in [6.07, 6.45) is 0.538. The zero-order valence-corrected chi connectivity index (χ0v) is 29.5. The molecule has 0 aliphatic carbocycles. The van der Waals surface area contributed by atoms with E-state index >= 15 is 0 Å². The number of carbonyl (C=O) groups is 4. The fourth-order valence-electron chi connectivity index (χ4n) is 5.92. The van der Waals surface area contributed by atoms with Gasteiger partial charge in [-0.25, -0.2) is 0 Å². The van der Waals surface area contributed by atoms with Gasteiger partial charge in [0.15, 0.2) is 0 Å². The van der Waals surface area contributed by atoms with Crippen molar-refractivity contribution in [2.24, 2.45) is 5.92 Å². The van der Waals surface area contributed by atoms with Gasteiger partial charge in [-0.1, -0.05) is 62.4 Å². The van der Waals surface area contributed by atoms with E-state index in [9.17, 15) is 19.2 Å². The van der Waals surface area contributed by atoms with Crippen LogP contribution < -0.4 is 30.7 Å². The van der Waals surface area contributed by atoms with E-state index in [2.05, 4.69) is 38.3 Å². The third kappa shape index (κ3) is 11.3. The van der Waals surface area contributed by atoms with E-state index in [4.69, 9.17) is 14.2 Å². The van der Waals surface area contributed by atoms with Gasteiger partial charge < -0.3 is 35.5 Å². The average molecular weight is 700 g/mol. The molecule has 2 aliphatic heterocycles. The number of fused-ring (bicyclic) bond motifs is 2. The van der Waals surface area contributed by atoms with Crippen molar-refractivity contribution in [2.45, 2.75) is 58.3 Å². The highest BCUT2D eigenvalue weighted by Gasteiger charge is 2.26. The van der Waals surface area contributed by atoms with Crippen LogP contribution in [0.4, 0.5) is 0 Å². The Labute approximate surface area is 299 Å². The lowest BCUT2D eigenvalue weighted by Crippen LogP contribution is -2.48. The number of amides is 4. The zero-order valence-electron chi connectivity index (χ0n) is 29.5. The lowest BCUT2D eigenvalue weighted by molar-refractivity contribution is -0.124. The Hall–Kier alpha value is -4.94. The molecule has 4 N–H and O–H groups in total. The molecule has 12 nitrogen and oxygen atoms in total. The average Bonchev–Trinajstić information content (AvgIpc) is 3.14. The molecule has 0 bridgehead atoms. The fourth-order valence-corrected chi connectivity index (χ4v) is 5.92. The predicted octanol–water partition coefficient (Wildman–Crippen LogP) is 3.45. The number of hydrogen-bond donors (Lipinski definition) is 4. The highest BCUT2D eigenvalue weighted by Crippen LogP contribution is 2.21. The first-order valence-corrected chi connectivity index (χ1v) is 17.7. The van der Waals surface area contributed by atoms with Crippen molar-refractivity contribution < 1.29 is 33.4 Å². The van der Waals surface area contributed by atoms with E-state index < -0.39 is 17.9 Å². The normalized spacial score (nSPS) is 19.9. The topological polar surface area (TPSA) is 147 Å². The number of benzene rings is 3. The van der Waals surface area contributed by atoms with Crippen molar-refractivity contribution in [1.82, 2.24) is 26.2 Å². The maximum Gasteiger partial charge on any atom is 0.255 e. The summed E-state index contributed by atoms with van der Waals surface area (Å²) in [5, 5.41) is 11.8. The minimum absolute atomic E-state index is 0.0158. The summed E-state index contributed by atoms with van der Waals surface area (Å²) in [7, 11) is 0. The summed E-state index contributed by atoms with van der Waals surface area (Å²) >= 11 is 0. The molecular formula is C39H49N5O7. The van der Waals surface area contributed by atoms with Crippen LogP contribution in [-0.4, -0.2) is 86.7 Å². The van der Waals surface area contributed by atoms with Crippen LogP contribution in [0.25, 0.3) is 0 Å². The number of carbonyl (C=O) groups excluding carboxylic acids is 4. The molecule has 3 aromatic carbocycles. The van der Waals surface area contributed by atoms with Gasteiger partial charge in [-0.2, -0.15) is 0 Å². The van der Waals surface area contributed by atoms with Gasteiger partial charge in [0.05, 0.1) is 37.0 Å². The van der Waals surface area contributed by atoms with E-state index in [0.29, 0.717) is 30.0 Å². The molecule has 0 spiro atoms. The molecule has 2 aliphatic rings. The van der Waals surface area contributed by atoms with Crippen LogP contribution in [0.3, 0.4) is 0 Å². The summed E-state index contributed by atoms with van der Waals surface area (Å²) in [6.45, 7) is 8.91. The Balaban J connectivity index is 1.31. The third-order valence-electron chi connectivity index (χ3n) is 8.95. The minimum Gasteiger partial charge on any atom is -0.493 e. The summed E-state index contributed by atoms with van der Waals surface area (Å²) in [6, 6.07) is 20.5. The predicted molar refractivity (Wildman–Crippen MR) is 192 cm³/mol. The highest BCUT2D eigenvalue weighted by molar-refractivity contribution is 6.00. The second-order valence-corrected chi connectivity index (χ2v) is 13.2. The molecule has 51 heavy (non-hydrogen) atoms. The number of ether oxygens (including phenoxy) is 3. The zero-order chi connectivity index (χ0) is 36.0. The molecule has 0 unspecified atom stereocenters. The van der Waals surface area contributed by atoms with Crippen molar-refractivity contribution in [3.05, 3.63) is 95.1 Å². The second kappa shape index (κ2) is 18.9. The highest BCUT2D eigenvalue weighted by atomic mass is 16.5. The molecule has 1 saturated heterocycles. The van der Waals surface area contributed by atoms with Crippen LogP contribution in [0.5, 0.6) is 11.5 Å². The van der Waals surface area contributed by atoms with Crippen molar-refractivity contribution >= 4 is 23.6 Å². The SMILES string of the molecule is CC(C)[C@H]1COc2ccccc2C(=O)NCCCOc2ccccc2C(=O)N[C@H](C(=O)NCc2cccc(CN3CCOCC3)c2)CCC(=O)N1. The first-order valence-electron chi connectivity index (χ1n) is 17.7. The Morgan fingerprint density at radius 1 is 0.843 bits per heavy atom. The van der Waals surface area contributed by atoms with Gasteiger partial charge in [-0.05, 0) is 54.2 Å². The summed E-state index contributed by atoms with van der Waals surface area (Å²) in [4.78, 5) is 55.9. The van der Waals surface area contributed by atoms with Gasteiger partial charge in [0.2, 0.25) is 11.8 Å². The van der Waals surface area contributed by atoms with Crippen molar-refractivity contribution in [3.63, 3.8) is 0 Å². The van der Waals surface area contributed by atoms with Crippen molar-refractivity contribution in [3.8, 4) is 11.5 Å². The molecular weight excluding hydrogens is 650 g/mol. The molecule has 1 fully saturated rings. The second-order valence-electron chi connectivity index (χ2n) is 13.2. The molecule has 272 valence electrons. The van der Waals surface area contributed by atoms with Crippen LogP contribution >= 0.6 is 0 Å². The van der Waals surface area contributed by atoms with E-state index in [0.717, 1.165) is 44.0 Å². The maximum atomic E-state index is 13.7. The van der Waals surface area contributed by atoms with Crippen LogP contribution in [-0.2, 0) is 27.4 Å². The molecule has 2 heterocycles. The Bertz CT molecular complexity index is 1640. The van der Waals surface area contributed by atoms with Gasteiger partial charge >= 0.3 is 0 Å². The maximum absolute atomic E-state index is 13.7. The van der Waals surface area contributed by atoms with Crippen molar-refractivity contribution in [1.29, 1.82) is 0 Å². The molecule has 0 saturated carbocycles. The van der Waals surface area contributed by atoms with E-state index in [1.165, 1.54) is 0 Å². The van der Waals surface area contributed by atoms with Crippen LogP contribution in [0.15, 0.2) is 72.8 Å². The summed E-state index contributed by atoms with van der Waals surface area (Å²) in [5.74, 6) is -0.678. The lowest BCUT2D eigenvalue weighted by Gasteiger charge is -2.26. The van der Waals surface area contributed by atoms with Gasteiger partial charge in [0.25, 0.3) is 11.8 Å². The van der Waals surface area contributed by atoms with Gasteiger partial charge in [0.1, 0.15) is 24.1 Å². The molecule has 0 radical (unpaired) electrons. The van der Waals surface area contributed by atoms with Gasteiger partial charge in [-0.15, -0.1) is 0 Å². The number of hydrogen-bond acceptors (Lipinski definition) is 8. The van der Waals surface area contributed by atoms with Crippen LogP contribution in [0.1, 0.15) is 65.0 Å². The monoisotopic (exact) mass is 699 g/mol. The Kier molecular flexibility index (Phi) is 13.8. The molecule has 0 aromatic heterocycles. The number of morpholine rings is 1. The third-order valence-corrected chi connectivity index (χ3v) is 8.95. The summed E-state index contributed by atoms with van der Waals surface area (Å²) in [5.41, 5.74) is 2.73. The number of para-hydroxylation sites is 2. The van der Waals surface area contributed by atoms with Crippen molar-refractivity contribution in [2.75, 3.05) is 46.1 Å². The molecule has 5 rings (SSSR count).